The quantitative estimate of drug-likeness (QED) is 0.844. The molecule has 1 aliphatic heterocycles. The summed E-state index contributed by atoms with van der Waals surface area (Å²) in [6, 6.07) is 7.45. The SMILES string of the molecule is CCC(CNS(C)(=O)=O)c1ccccc1C(=O)N1CCOCC1. The van der Waals surface area contributed by atoms with Crippen molar-refractivity contribution in [2.45, 2.75) is 19.3 Å². The summed E-state index contributed by atoms with van der Waals surface area (Å²) in [6.07, 6.45) is 1.89. The Balaban J connectivity index is 2.22. The fraction of sp³-hybridized carbons (Fsp3) is 0.562. The molecule has 0 aromatic heterocycles. The summed E-state index contributed by atoms with van der Waals surface area (Å²) in [5, 5.41) is 0. The number of sulfonamides is 1. The number of hydrogen-bond donors (Lipinski definition) is 1. The highest BCUT2D eigenvalue weighted by Gasteiger charge is 2.23. The van der Waals surface area contributed by atoms with E-state index in [0.29, 0.717) is 38.4 Å². The van der Waals surface area contributed by atoms with Crippen molar-refractivity contribution < 1.29 is 17.9 Å². The summed E-state index contributed by atoms with van der Waals surface area (Å²) in [5.41, 5.74) is 1.54. The molecule has 1 aromatic rings. The first kappa shape index (κ1) is 17.9. The van der Waals surface area contributed by atoms with Gasteiger partial charge in [0.25, 0.3) is 5.91 Å². The lowest BCUT2D eigenvalue weighted by molar-refractivity contribution is 0.0302. The van der Waals surface area contributed by atoms with Crippen molar-refractivity contribution in [2.75, 3.05) is 39.1 Å². The number of carbonyl (C=O) groups is 1. The zero-order valence-corrected chi connectivity index (χ0v) is 14.4. The van der Waals surface area contributed by atoms with Crippen molar-refractivity contribution in [3.8, 4) is 0 Å². The Morgan fingerprint density at radius 2 is 1.96 bits per heavy atom. The summed E-state index contributed by atoms with van der Waals surface area (Å²) in [7, 11) is -3.25. The van der Waals surface area contributed by atoms with Gasteiger partial charge in [-0.25, -0.2) is 13.1 Å². The predicted molar refractivity (Wildman–Crippen MR) is 89.0 cm³/mol. The highest BCUT2D eigenvalue weighted by atomic mass is 32.2. The minimum atomic E-state index is -3.25. The van der Waals surface area contributed by atoms with Gasteiger partial charge in [0.15, 0.2) is 0 Å². The van der Waals surface area contributed by atoms with E-state index in [1.165, 1.54) is 0 Å². The van der Waals surface area contributed by atoms with Crippen molar-refractivity contribution in [3.63, 3.8) is 0 Å². The van der Waals surface area contributed by atoms with E-state index in [0.717, 1.165) is 18.2 Å². The number of hydrogen-bond acceptors (Lipinski definition) is 4. The number of carbonyl (C=O) groups excluding carboxylic acids is 1. The van der Waals surface area contributed by atoms with Gasteiger partial charge >= 0.3 is 0 Å². The number of nitrogens with zero attached hydrogens (tertiary/aromatic N) is 1. The maximum atomic E-state index is 12.8. The van der Waals surface area contributed by atoms with E-state index in [9.17, 15) is 13.2 Å². The molecule has 1 aliphatic rings. The van der Waals surface area contributed by atoms with Crippen LogP contribution in [0, 0.1) is 0 Å². The number of ether oxygens (including phenoxy) is 1. The Bertz CT molecular complexity index is 639. The minimum absolute atomic E-state index is 0.0123. The average Bonchev–Trinajstić information content (AvgIpc) is 2.55. The molecule has 23 heavy (non-hydrogen) atoms. The maximum Gasteiger partial charge on any atom is 0.254 e. The van der Waals surface area contributed by atoms with Crippen LogP contribution in [0.5, 0.6) is 0 Å². The monoisotopic (exact) mass is 340 g/mol. The number of rotatable bonds is 6. The average molecular weight is 340 g/mol. The highest BCUT2D eigenvalue weighted by Crippen LogP contribution is 2.24. The van der Waals surface area contributed by atoms with Crippen molar-refractivity contribution in [1.82, 2.24) is 9.62 Å². The van der Waals surface area contributed by atoms with Crippen LogP contribution in [0.4, 0.5) is 0 Å². The van der Waals surface area contributed by atoms with Crippen LogP contribution in [0.2, 0.25) is 0 Å². The van der Waals surface area contributed by atoms with Crippen LogP contribution < -0.4 is 4.72 Å². The second-order valence-electron chi connectivity index (χ2n) is 5.72. The Morgan fingerprint density at radius 1 is 1.30 bits per heavy atom. The van der Waals surface area contributed by atoms with E-state index < -0.39 is 10.0 Å². The van der Waals surface area contributed by atoms with E-state index in [4.69, 9.17) is 4.74 Å². The molecular weight excluding hydrogens is 316 g/mol. The van der Waals surface area contributed by atoms with Crippen molar-refractivity contribution in [1.29, 1.82) is 0 Å². The molecule has 2 rings (SSSR count). The van der Waals surface area contributed by atoms with Crippen LogP contribution in [-0.4, -0.2) is 58.3 Å². The maximum absolute atomic E-state index is 12.8. The van der Waals surface area contributed by atoms with E-state index in [-0.39, 0.29) is 11.8 Å². The summed E-state index contributed by atoms with van der Waals surface area (Å²) in [6.45, 7) is 4.58. The standard InChI is InChI=1S/C16H24N2O4S/c1-3-13(12-17-23(2,20)21)14-6-4-5-7-15(14)16(19)18-8-10-22-11-9-18/h4-7,13,17H,3,8-12H2,1-2H3. The minimum Gasteiger partial charge on any atom is -0.378 e. The third-order valence-electron chi connectivity index (χ3n) is 4.01. The third-order valence-corrected chi connectivity index (χ3v) is 4.71. The number of nitrogens with one attached hydrogen (secondary N) is 1. The Hall–Kier alpha value is -1.44. The van der Waals surface area contributed by atoms with Crippen LogP contribution in [0.15, 0.2) is 24.3 Å². The Morgan fingerprint density at radius 3 is 2.57 bits per heavy atom. The van der Waals surface area contributed by atoms with Crippen LogP contribution >= 0.6 is 0 Å². The molecule has 1 atom stereocenters. The van der Waals surface area contributed by atoms with Gasteiger partial charge in [-0.3, -0.25) is 4.79 Å². The number of morpholine rings is 1. The van der Waals surface area contributed by atoms with Gasteiger partial charge in [-0.15, -0.1) is 0 Å². The molecule has 1 aromatic carbocycles. The number of amides is 1. The van der Waals surface area contributed by atoms with Gasteiger partial charge in [0.2, 0.25) is 10.0 Å². The van der Waals surface area contributed by atoms with Crippen molar-refractivity contribution in [3.05, 3.63) is 35.4 Å². The van der Waals surface area contributed by atoms with E-state index in [1.54, 1.807) is 4.90 Å². The topological polar surface area (TPSA) is 75.7 Å². The molecule has 1 heterocycles. The van der Waals surface area contributed by atoms with Gasteiger partial charge in [0.05, 0.1) is 19.5 Å². The van der Waals surface area contributed by atoms with Gasteiger partial charge in [-0.2, -0.15) is 0 Å². The summed E-state index contributed by atoms with van der Waals surface area (Å²) < 4.78 is 30.5. The molecule has 7 heteroatoms. The number of benzene rings is 1. The predicted octanol–water partition coefficient (Wildman–Crippen LogP) is 1.20. The van der Waals surface area contributed by atoms with Crippen LogP contribution in [0.3, 0.4) is 0 Å². The Kier molecular flexibility index (Phi) is 6.15. The molecule has 1 N–H and O–H groups in total. The molecule has 1 fully saturated rings. The van der Waals surface area contributed by atoms with Crippen LogP contribution in [0.1, 0.15) is 35.2 Å². The molecule has 1 amide bonds. The Labute approximate surface area is 137 Å². The van der Waals surface area contributed by atoms with Crippen LogP contribution in [0.25, 0.3) is 0 Å². The molecular formula is C16H24N2O4S. The first-order valence-electron chi connectivity index (χ1n) is 7.83. The highest BCUT2D eigenvalue weighted by molar-refractivity contribution is 7.88. The summed E-state index contributed by atoms with van der Waals surface area (Å²) >= 11 is 0. The first-order chi connectivity index (χ1) is 10.9. The zero-order valence-electron chi connectivity index (χ0n) is 13.6. The van der Waals surface area contributed by atoms with Gasteiger partial charge in [0, 0.05) is 25.2 Å². The van der Waals surface area contributed by atoms with E-state index in [2.05, 4.69) is 4.72 Å². The molecule has 1 saturated heterocycles. The van der Waals surface area contributed by atoms with Gasteiger partial charge < -0.3 is 9.64 Å². The van der Waals surface area contributed by atoms with Crippen molar-refractivity contribution >= 4 is 15.9 Å². The zero-order chi connectivity index (χ0) is 16.9. The molecule has 6 nitrogen and oxygen atoms in total. The molecule has 0 bridgehead atoms. The molecule has 0 aliphatic carbocycles. The largest absolute Gasteiger partial charge is 0.378 e. The molecule has 128 valence electrons. The lowest BCUT2D eigenvalue weighted by atomic mass is 9.91. The van der Waals surface area contributed by atoms with Crippen molar-refractivity contribution in [2.24, 2.45) is 0 Å². The van der Waals surface area contributed by atoms with Gasteiger partial charge in [-0.05, 0) is 24.0 Å². The second-order valence-corrected chi connectivity index (χ2v) is 7.55. The summed E-state index contributed by atoms with van der Waals surface area (Å²) in [5.74, 6) is -0.0485. The fourth-order valence-electron chi connectivity index (χ4n) is 2.71. The second kappa shape index (κ2) is 7.90. The lowest BCUT2D eigenvalue weighted by Gasteiger charge is -2.28. The first-order valence-corrected chi connectivity index (χ1v) is 9.72. The van der Waals surface area contributed by atoms with E-state index >= 15 is 0 Å². The molecule has 0 spiro atoms. The molecule has 0 saturated carbocycles. The summed E-state index contributed by atoms with van der Waals surface area (Å²) in [4.78, 5) is 14.6. The normalized spacial score (nSPS) is 17.0. The molecule has 0 radical (unpaired) electrons. The van der Waals surface area contributed by atoms with Gasteiger partial charge in [0.1, 0.15) is 0 Å². The van der Waals surface area contributed by atoms with Crippen LogP contribution in [-0.2, 0) is 14.8 Å². The third kappa shape index (κ3) is 5.02. The van der Waals surface area contributed by atoms with Gasteiger partial charge in [-0.1, -0.05) is 25.1 Å². The molecule has 1 unspecified atom stereocenters. The van der Waals surface area contributed by atoms with E-state index in [1.807, 2.05) is 31.2 Å². The lowest BCUT2D eigenvalue weighted by Crippen LogP contribution is -2.41. The smallest absolute Gasteiger partial charge is 0.254 e. The fourth-order valence-corrected chi connectivity index (χ4v) is 3.21.